The van der Waals surface area contributed by atoms with Crippen molar-refractivity contribution in [2.24, 2.45) is 0 Å². The summed E-state index contributed by atoms with van der Waals surface area (Å²) >= 11 is 0. The highest BCUT2D eigenvalue weighted by Gasteiger charge is 2.13. The van der Waals surface area contributed by atoms with Gasteiger partial charge in [-0.05, 0) is 24.3 Å². The van der Waals surface area contributed by atoms with Gasteiger partial charge in [0, 0.05) is 64.4 Å². The van der Waals surface area contributed by atoms with E-state index in [9.17, 15) is 9.59 Å². The van der Waals surface area contributed by atoms with Crippen LogP contribution in [0.2, 0.25) is 0 Å². The van der Waals surface area contributed by atoms with Crippen molar-refractivity contribution in [2.75, 3.05) is 38.6 Å². The van der Waals surface area contributed by atoms with Gasteiger partial charge in [-0.3, -0.25) is 19.0 Å². The molecule has 0 unspecified atom stereocenters. The number of anilines is 1. The molecule has 0 bridgehead atoms. The van der Waals surface area contributed by atoms with Crippen LogP contribution in [0.4, 0.5) is 5.69 Å². The second-order valence-corrected chi connectivity index (χ2v) is 6.52. The zero-order valence-electron chi connectivity index (χ0n) is 16.1. The molecule has 0 atom stereocenters. The molecular weight excluding hydrogens is 356 g/mol. The lowest BCUT2D eigenvalue weighted by Gasteiger charge is -2.22. The molecule has 8 heteroatoms. The number of aromatic nitrogens is 3. The molecule has 0 spiro atoms. The predicted octanol–water partition coefficient (Wildman–Crippen LogP) is 1.44. The normalized spacial score (nSPS) is 10.6. The molecule has 0 aliphatic heterocycles. The highest BCUT2D eigenvalue weighted by molar-refractivity contribution is 5.93. The molecule has 0 aliphatic carbocycles. The van der Waals surface area contributed by atoms with Crippen molar-refractivity contribution in [3.63, 3.8) is 0 Å². The fourth-order valence-corrected chi connectivity index (χ4v) is 2.83. The van der Waals surface area contributed by atoms with E-state index in [1.807, 2.05) is 42.3 Å². The molecule has 146 valence electrons. The number of nitrogens with zero attached hydrogens (tertiary/aromatic N) is 5. The van der Waals surface area contributed by atoms with Gasteiger partial charge in [-0.2, -0.15) is 0 Å². The van der Waals surface area contributed by atoms with E-state index in [4.69, 9.17) is 0 Å². The molecule has 0 aromatic carbocycles. The minimum absolute atomic E-state index is 0.0324. The Kier molecular flexibility index (Phi) is 6.21. The molecule has 2 amide bonds. The van der Waals surface area contributed by atoms with Crippen LogP contribution in [0.25, 0.3) is 5.65 Å². The van der Waals surface area contributed by atoms with Gasteiger partial charge in [0.2, 0.25) is 5.91 Å². The second-order valence-electron chi connectivity index (χ2n) is 6.52. The van der Waals surface area contributed by atoms with Crippen LogP contribution in [0.3, 0.4) is 0 Å². The SMILES string of the molecule is CN(CCNC(=O)c1cnc2ccccn12)C(=O)CCN(C)c1ccncc1. The maximum Gasteiger partial charge on any atom is 0.269 e. The van der Waals surface area contributed by atoms with Crippen LogP contribution >= 0.6 is 0 Å². The molecule has 3 aromatic rings. The van der Waals surface area contributed by atoms with Gasteiger partial charge >= 0.3 is 0 Å². The van der Waals surface area contributed by atoms with Gasteiger partial charge < -0.3 is 15.1 Å². The van der Waals surface area contributed by atoms with Crippen molar-refractivity contribution in [3.05, 3.63) is 60.8 Å². The topological polar surface area (TPSA) is 82.8 Å². The van der Waals surface area contributed by atoms with Gasteiger partial charge in [-0.25, -0.2) is 4.98 Å². The first-order valence-corrected chi connectivity index (χ1v) is 9.11. The van der Waals surface area contributed by atoms with E-state index >= 15 is 0 Å². The van der Waals surface area contributed by atoms with Gasteiger partial charge in [-0.1, -0.05) is 6.07 Å². The number of carbonyl (C=O) groups is 2. The van der Waals surface area contributed by atoms with Crippen molar-refractivity contribution in [3.8, 4) is 0 Å². The van der Waals surface area contributed by atoms with Crippen LogP contribution in [0.5, 0.6) is 0 Å². The minimum atomic E-state index is -0.211. The van der Waals surface area contributed by atoms with Gasteiger partial charge in [-0.15, -0.1) is 0 Å². The maximum atomic E-state index is 12.4. The number of imidazole rings is 1. The third kappa shape index (κ3) is 4.64. The van der Waals surface area contributed by atoms with Crippen LogP contribution in [-0.4, -0.2) is 64.8 Å². The van der Waals surface area contributed by atoms with Gasteiger partial charge in [0.1, 0.15) is 11.3 Å². The quantitative estimate of drug-likeness (QED) is 0.639. The number of carbonyl (C=O) groups excluding carboxylic acids is 2. The monoisotopic (exact) mass is 380 g/mol. The van der Waals surface area contributed by atoms with E-state index in [0.717, 1.165) is 11.3 Å². The van der Waals surface area contributed by atoms with Crippen LogP contribution in [0.15, 0.2) is 55.1 Å². The number of hydrogen-bond acceptors (Lipinski definition) is 5. The van der Waals surface area contributed by atoms with E-state index in [1.54, 1.807) is 41.1 Å². The fraction of sp³-hybridized carbons (Fsp3) is 0.300. The molecule has 0 radical (unpaired) electrons. The molecule has 8 nitrogen and oxygen atoms in total. The molecule has 0 fully saturated rings. The second kappa shape index (κ2) is 8.98. The molecule has 1 N–H and O–H groups in total. The van der Waals surface area contributed by atoms with Crippen molar-refractivity contribution in [2.45, 2.75) is 6.42 Å². The summed E-state index contributed by atoms with van der Waals surface area (Å²) in [7, 11) is 3.69. The van der Waals surface area contributed by atoms with Crippen LogP contribution in [-0.2, 0) is 4.79 Å². The zero-order chi connectivity index (χ0) is 19.9. The Bertz CT molecular complexity index is 940. The summed E-state index contributed by atoms with van der Waals surface area (Å²) < 4.78 is 1.74. The zero-order valence-corrected chi connectivity index (χ0v) is 16.1. The van der Waals surface area contributed by atoms with Gasteiger partial charge in [0.05, 0.1) is 6.20 Å². The van der Waals surface area contributed by atoms with E-state index < -0.39 is 0 Å². The lowest BCUT2D eigenvalue weighted by atomic mass is 10.3. The number of rotatable bonds is 8. The molecule has 3 aromatic heterocycles. The third-order valence-corrected chi connectivity index (χ3v) is 4.57. The molecule has 28 heavy (non-hydrogen) atoms. The predicted molar refractivity (Wildman–Crippen MR) is 107 cm³/mol. The number of pyridine rings is 2. The Balaban J connectivity index is 1.43. The number of likely N-dealkylation sites (N-methyl/N-ethyl adjacent to an activating group) is 1. The summed E-state index contributed by atoms with van der Waals surface area (Å²) in [6.07, 6.45) is 7.20. The highest BCUT2D eigenvalue weighted by Crippen LogP contribution is 2.10. The number of fused-ring (bicyclic) bond motifs is 1. The summed E-state index contributed by atoms with van der Waals surface area (Å²) in [5.41, 5.74) is 2.22. The van der Waals surface area contributed by atoms with Crippen molar-refractivity contribution >= 4 is 23.1 Å². The Labute approximate surface area is 163 Å². The first-order valence-electron chi connectivity index (χ1n) is 9.11. The van der Waals surface area contributed by atoms with E-state index in [0.29, 0.717) is 31.7 Å². The minimum Gasteiger partial charge on any atom is -0.374 e. The number of hydrogen-bond donors (Lipinski definition) is 1. The molecule has 0 aliphatic rings. The Hall–Kier alpha value is -3.42. The lowest BCUT2D eigenvalue weighted by molar-refractivity contribution is -0.129. The van der Waals surface area contributed by atoms with Gasteiger partial charge in [0.15, 0.2) is 0 Å². The Morgan fingerprint density at radius 2 is 1.89 bits per heavy atom. The standard InChI is InChI=1S/C20H24N6O2/c1-24(16-6-9-21-10-7-16)13-8-19(27)25(2)14-11-22-20(28)17-15-23-18-5-3-4-12-26(17)18/h3-7,9-10,12,15H,8,11,13-14H2,1-2H3,(H,22,28). The molecule has 3 heterocycles. The largest absolute Gasteiger partial charge is 0.374 e. The summed E-state index contributed by atoms with van der Waals surface area (Å²) in [5.74, 6) is -0.179. The summed E-state index contributed by atoms with van der Waals surface area (Å²) in [6.45, 7) is 1.43. The number of nitrogens with one attached hydrogen (secondary N) is 1. The van der Waals surface area contributed by atoms with Crippen LogP contribution < -0.4 is 10.2 Å². The molecule has 3 rings (SSSR count). The molecule has 0 saturated carbocycles. The first-order chi connectivity index (χ1) is 13.6. The molecular formula is C20H24N6O2. The summed E-state index contributed by atoms with van der Waals surface area (Å²) in [5, 5.41) is 2.84. The van der Waals surface area contributed by atoms with Crippen LogP contribution in [0, 0.1) is 0 Å². The smallest absolute Gasteiger partial charge is 0.269 e. The fourth-order valence-electron chi connectivity index (χ4n) is 2.83. The van der Waals surface area contributed by atoms with Crippen molar-refractivity contribution < 1.29 is 9.59 Å². The summed E-state index contributed by atoms with van der Waals surface area (Å²) in [6, 6.07) is 9.37. The van der Waals surface area contributed by atoms with Gasteiger partial charge in [0.25, 0.3) is 5.91 Å². The van der Waals surface area contributed by atoms with E-state index in [2.05, 4.69) is 15.3 Å². The van der Waals surface area contributed by atoms with E-state index in [-0.39, 0.29) is 11.8 Å². The van der Waals surface area contributed by atoms with E-state index in [1.165, 1.54) is 0 Å². The number of amides is 2. The lowest BCUT2D eigenvalue weighted by Crippen LogP contribution is -2.37. The third-order valence-electron chi connectivity index (χ3n) is 4.57. The highest BCUT2D eigenvalue weighted by atomic mass is 16.2. The summed E-state index contributed by atoms with van der Waals surface area (Å²) in [4.78, 5) is 36.5. The van der Waals surface area contributed by atoms with Crippen LogP contribution in [0.1, 0.15) is 16.9 Å². The first kappa shape index (κ1) is 19.3. The Morgan fingerprint density at radius 1 is 1.11 bits per heavy atom. The average Bonchev–Trinajstić information content (AvgIpc) is 3.16. The maximum absolute atomic E-state index is 12.4. The molecule has 0 saturated heterocycles. The average molecular weight is 380 g/mol. The van der Waals surface area contributed by atoms with Crippen molar-refractivity contribution in [1.82, 2.24) is 24.6 Å². The Morgan fingerprint density at radius 3 is 2.68 bits per heavy atom. The van der Waals surface area contributed by atoms with Crippen molar-refractivity contribution in [1.29, 1.82) is 0 Å².